The Morgan fingerprint density at radius 3 is 2.58 bits per heavy atom. The van der Waals surface area contributed by atoms with Crippen LogP contribution in [-0.4, -0.2) is 40.9 Å². The van der Waals surface area contributed by atoms with Crippen molar-refractivity contribution in [3.05, 3.63) is 87.9 Å². The Morgan fingerprint density at radius 1 is 1.12 bits per heavy atom. The predicted octanol–water partition coefficient (Wildman–Crippen LogP) is 4.09. The first-order chi connectivity index (χ1) is 16.1. The van der Waals surface area contributed by atoms with E-state index in [4.69, 9.17) is 4.74 Å². The van der Waals surface area contributed by atoms with Gasteiger partial charge in [-0.1, -0.05) is 30.3 Å². The smallest absolute Gasteiger partial charge is 0.263 e. The maximum absolute atomic E-state index is 13.0. The summed E-state index contributed by atoms with van der Waals surface area (Å²) in [6.45, 7) is 3.31. The average molecular weight is 462 g/mol. The van der Waals surface area contributed by atoms with Gasteiger partial charge in [-0.15, -0.1) is 11.3 Å². The van der Waals surface area contributed by atoms with Crippen LogP contribution in [0, 0.1) is 0 Å². The summed E-state index contributed by atoms with van der Waals surface area (Å²) in [6.07, 6.45) is 4.89. The van der Waals surface area contributed by atoms with Gasteiger partial charge >= 0.3 is 0 Å². The molecule has 0 unspecified atom stereocenters. The van der Waals surface area contributed by atoms with E-state index in [-0.39, 0.29) is 29.4 Å². The lowest BCUT2D eigenvalue weighted by Gasteiger charge is -2.44. The molecule has 5 rings (SSSR count). The molecule has 2 aliphatic rings. The Labute approximate surface area is 197 Å². The number of rotatable bonds is 5. The fraction of sp³-hybridized carbons (Fsp3) is 0.346. The first-order valence-corrected chi connectivity index (χ1v) is 12.2. The van der Waals surface area contributed by atoms with Crippen LogP contribution < -0.4 is 5.32 Å². The van der Waals surface area contributed by atoms with Crippen LogP contribution >= 0.6 is 11.3 Å². The summed E-state index contributed by atoms with van der Waals surface area (Å²) in [6, 6.07) is 15.8. The average Bonchev–Trinajstić information content (AvgIpc) is 3.46. The number of benzene rings is 1. The number of fused-ring (bicyclic) bond motifs is 2. The molecule has 3 aromatic rings. The standard InChI is InChI=1S/C26H27N3O3S/c1-18(30)28-23-20-5-2-3-6-21(20)26(24(23)32-17-19-8-12-27-13-9-19)10-14-29(15-11-26)25(31)22-7-4-16-33-22/h2-9,12-13,16,23-24H,10-11,14-15,17H2,1H3,(H,28,30)/t23-,24+/m1/s1. The lowest BCUT2D eigenvalue weighted by atomic mass is 9.71. The van der Waals surface area contributed by atoms with E-state index in [2.05, 4.69) is 28.5 Å². The van der Waals surface area contributed by atoms with E-state index in [1.165, 1.54) is 16.9 Å². The largest absolute Gasteiger partial charge is 0.370 e. The molecule has 1 N–H and O–H groups in total. The number of carbonyl (C=O) groups excluding carboxylic acids is 2. The maximum atomic E-state index is 13.0. The van der Waals surface area contributed by atoms with Crippen LogP contribution in [-0.2, 0) is 21.6 Å². The summed E-state index contributed by atoms with van der Waals surface area (Å²) in [4.78, 5) is 31.9. The van der Waals surface area contributed by atoms with Crippen molar-refractivity contribution >= 4 is 23.2 Å². The van der Waals surface area contributed by atoms with Crippen molar-refractivity contribution < 1.29 is 14.3 Å². The highest BCUT2D eigenvalue weighted by Crippen LogP contribution is 2.52. The van der Waals surface area contributed by atoms with Crippen LogP contribution in [0.3, 0.4) is 0 Å². The second-order valence-electron chi connectivity index (χ2n) is 8.78. The van der Waals surface area contributed by atoms with Gasteiger partial charge in [0.2, 0.25) is 5.91 Å². The topological polar surface area (TPSA) is 71.5 Å². The number of piperidine rings is 1. The highest BCUT2D eigenvalue weighted by atomic mass is 32.1. The Bertz CT molecular complexity index is 1120. The molecule has 2 amide bonds. The van der Waals surface area contributed by atoms with E-state index in [0.717, 1.165) is 28.8 Å². The van der Waals surface area contributed by atoms with Gasteiger partial charge in [0.05, 0.1) is 23.6 Å². The second-order valence-corrected chi connectivity index (χ2v) is 9.73. The fourth-order valence-electron chi connectivity index (χ4n) is 5.37. The first-order valence-electron chi connectivity index (χ1n) is 11.3. The molecule has 1 aromatic carbocycles. The Balaban J connectivity index is 1.45. The zero-order valence-electron chi connectivity index (χ0n) is 18.6. The van der Waals surface area contributed by atoms with Crippen LogP contribution in [0.25, 0.3) is 0 Å². The van der Waals surface area contributed by atoms with Crippen molar-refractivity contribution in [2.45, 2.75) is 43.9 Å². The summed E-state index contributed by atoms with van der Waals surface area (Å²) in [5, 5.41) is 5.09. The third-order valence-corrected chi connectivity index (χ3v) is 7.75. The Hall–Kier alpha value is -3.03. The zero-order valence-corrected chi connectivity index (χ0v) is 19.4. The predicted molar refractivity (Wildman–Crippen MR) is 127 cm³/mol. The SMILES string of the molecule is CC(=O)N[C@@H]1c2ccccc2C2(CCN(C(=O)c3cccs3)CC2)[C@H]1OCc1ccncc1. The fourth-order valence-corrected chi connectivity index (χ4v) is 6.06. The van der Waals surface area contributed by atoms with Crippen LogP contribution in [0.15, 0.2) is 66.3 Å². The minimum Gasteiger partial charge on any atom is -0.370 e. The number of carbonyl (C=O) groups is 2. The minimum absolute atomic E-state index is 0.0744. The monoisotopic (exact) mass is 461 g/mol. The van der Waals surface area contributed by atoms with Gasteiger partial charge in [-0.25, -0.2) is 0 Å². The molecular weight excluding hydrogens is 434 g/mol. The molecule has 1 aliphatic heterocycles. The van der Waals surface area contributed by atoms with Crippen LogP contribution in [0.1, 0.15) is 52.2 Å². The molecule has 6 nitrogen and oxygen atoms in total. The highest BCUT2D eigenvalue weighted by molar-refractivity contribution is 7.12. The van der Waals surface area contributed by atoms with E-state index in [9.17, 15) is 9.59 Å². The summed E-state index contributed by atoms with van der Waals surface area (Å²) < 4.78 is 6.60. The number of hydrogen-bond donors (Lipinski definition) is 1. The van der Waals surface area contributed by atoms with Gasteiger partial charge in [0.1, 0.15) is 0 Å². The molecule has 0 radical (unpaired) electrons. The van der Waals surface area contributed by atoms with Gasteiger partial charge in [0, 0.05) is 37.8 Å². The molecule has 7 heteroatoms. The molecule has 1 aliphatic carbocycles. The lowest BCUT2D eigenvalue weighted by Crippen LogP contribution is -2.51. The van der Waals surface area contributed by atoms with Crippen molar-refractivity contribution in [3.63, 3.8) is 0 Å². The molecule has 0 saturated carbocycles. The molecule has 170 valence electrons. The van der Waals surface area contributed by atoms with Crippen molar-refractivity contribution in [1.82, 2.24) is 15.2 Å². The number of ether oxygens (including phenoxy) is 1. The number of nitrogens with one attached hydrogen (secondary N) is 1. The number of likely N-dealkylation sites (tertiary alicyclic amines) is 1. The second kappa shape index (κ2) is 9.08. The minimum atomic E-state index is -0.261. The molecule has 1 saturated heterocycles. The van der Waals surface area contributed by atoms with Crippen molar-refractivity contribution in [1.29, 1.82) is 0 Å². The molecule has 1 fully saturated rings. The van der Waals surface area contributed by atoms with Crippen molar-refractivity contribution in [2.24, 2.45) is 0 Å². The molecule has 2 atom stereocenters. The van der Waals surface area contributed by atoms with E-state index < -0.39 is 0 Å². The highest BCUT2D eigenvalue weighted by Gasteiger charge is 2.54. The quantitative estimate of drug-likeness (QED) is 0.621. The first kappa shape index (κ1) is 21.8. The van der Waals surface area contributed by atoms with E-state index in [1.807, 2.05) is 40.6 Å². The molecule has 1 spiro atoms. The third-order valence-electron chi connectivity index (χ3n) is 6.89. The number of pyridine rings is 1. The molecule has 33 heavy (non-hydrogen) atoms. The third kappa shape index (κ3) is 4.07. The number of nitrogens with zero attached hydrogens (tertiary/aromatic N) is 2. The van der Waals surface area contributed by atoms with Crippen molar-refractivity contribution in [2.75, 3.05) is 13.1 Å². The van der Waals surface area contributed by atoms with Crippen LogP contribution in [0.4, 0.5) is 0 Å². The summed E-state index contributed by atoms with van der Waals surface area (Å²) in [7, 11) is 0. The van der Waals surface area contributed by atoms with Gasteiger partial charge in [-0.05, 0) is 53.1 Å². The zero-order chi connectivity index (χ0) is 22.8. The van der Waals surface area contributed by atoms with Crippen LogP contribution in [0.2, 0.25) is 0 Å². The van der Waals surface area contributed by atoms with Gasteiger partial charge in [-0.2, -0.15) is 0 Å². The molecule has 2 aromatic heterocycles. The Morgan fingerprint density at radius 2 is 1.88 bits per heavy atom. The number of thiophene rings is 1. The molecule has 3 heterocycles. The van der Waals surface area contributed by atoms with Crippen molar-refractivity contribution in [3.8, 4) is 0 Å². The van der Waals surface area contributed by atoms with Gasteiger partial charge in [-0.3, -0.25) is 14.6 Å². The molecular formula is C26H27N3O3S. The van der Waals surface area contributed by atoms with E-state index in [1.54, 1.807) is 19.3 Å². The number of hydrogen-bond acceptors (Lipinski definition) is 5. The van der Waals surface area contributed by atoms with Gasteiger partial charge in [0.15, 0.2) is 0 Å². The van der Waals surface area contributed by atoms with E-state index >= 15 is 0 Å². The summed E-state index contributed by atoms with van der Waals surface area (Å²) in [5.74, 6) is 0.0217. The summed E-state index contributed by atoms with van der Waals surface area (Å²) >= 11 is 1.48. The van der Waals surface area contributed by atoms with Gasteiger partial charge < -0.3 is 15.0 Å². The lowest BCUT2D eigenvalue weighted by molar-refractivity contribution is -0.122. The van der Waals surface area contributed by atoms with Crippen LogP contribution in [0.5, 0.6) is 0 Å². The number of amides is 2. The maximum Gasteiger partial charge on any atom is 0.263 e. The normalized spacial score (nSPS) is 21.1. The van der Waals surface area contributed by atoms with Gasteiger partial charge in [0.25, 0.3) is 5.91 Å². The number of aromatic nitrogens is 1. The summed E-state index contributed by atoms with van der Waals surface area (Å²) in [5.41, 5.74) is 3.13. The van der Waals surface area contributed by atoms with E-state index in [0.29, 0.717) is 19.7 Å². The molecule has 0 bridgehead atoms. The Kier molecular flexibility index (Phi) is 6.00.